The number of carbonyl (C=O) groups excluding carboxylic acids is 1. The molecule has 1 heterocycles. The molecule has 0 aliphatic carbocycles. The fourth-order valence-corrected chi connectivity index (χ4v) is 2.73. The van der Waals surface area contributed by atoms with E-state index >= 15 is 0 Å². The summed E-state index contributed by atoms with van der Waals surface area (Å²) in [5.41, 5.74) is 8.08. The highest BCUT2D eigenvalue weighted by atomic mass is 16.1. The third-order valence-corrected chi connectivity index (χ3v) is 3.75. The first-order valence-electron chi connectivity index (χ1n) is 7.53. The van der Waals surface area contributed by atoms with Crippen molar-refractivity contribution in [3.05, 3.63) is 29.3 Å². The van der Waals surface area contributed by atoms with E-state index in [1.165, 1.54) is 32.4 Å². The molecule has 3 N–H and O–H groups in total. The lowest BCUT2D eigenvalue weighted by Crippen LogP contribution is -2.33. The van der Waals surface area contributed by atoms with Crippen LogP contribution in [-0.4, -0.2) is 37.0 Å². The van der Waals surface area contributed by atoms with Gasteiger partial charge >= 0.3 is 0 Å². The summed E-state index contributed by atoms with van der Waals surface area (Å²) in [5, 5.41) is 2.97. The molecular formula is C16H25N3O. The van der Waals surface area contributed by atoms with Gasteiger partial charge in [-0.25, -0.2) is 0 Å². The van der Waals surface area contributed by atoms with Crippen LogP contribution in [0.3, 0.4) is 0 Å². The second kappa shape index (κ2) is 7.29. The van der Waals surface area contributed by atoms with Gasteiger partial charge in [-0.15, -0.1) is 0 Å². The number of nitrogens with one attached hydrogen (secondary N) is 1. The lowest BCUT2D eigenvalue weighted by atomic mass is 10.1. The van der Waals surface area contributed by atoms with Gasteiger partial charge in [-0.1, -0.05) is 6.42 Å². The highest BCUT2D eigenvalue weighted by Gasteiger charge is 2.10. The van der Waals surface area contributed by atoms with Crippen LogP contribution in [0.15, 0.2) is 18.2 Å². The SMILES string of the molecule is Cc1cc(N)cc(C(=O)NCCCN2CCCCC2)c1. The second-order valence-electron chi connectivity index (χ2n) is 5.64. The molecule has 0 aromatic heterocycles. The highest BCUT2D eigenvalue weighted by molar-refractivity contribution is 5.95. The number of benzene rings is 1. The predicted octanol–water partition coefficient (Wildman–Crippen LogP) is 2.18. The van der Waals surface area contributed by atoms with Crippen molar-refractivity contribution >= 4 is 11.6 Å². The van der Waals surface area contributed by atoms with Gasteiger partial charge in [0.05, 0.1) is 0 Å². The summed E-state index contributed by atoms with van der Waals surface area (Å²) in [7, 11) is 0. The molecule has 1 saturated heterocycles. The molecule has 0 saturated carbocycles. The molecule has 0 spiro atoms. The monoisotopic (exact) mass is 275 g/mol. The first-order chi connectivity index (χ1) is 9.65. The number of piperidine rings is 1. The molecule has 2 rings (SSSR count). The van der Waals surface area contributed by atoms with Crippen LogP contribution in [0.2, 0.25) is 0 Å². The Morgan fingerprint density at radius 2 is 2.00 bits per heavy atom. The maximum atomic E-state index is 12.0. The van der Waals surface area contributed by atoms with Crippen molar-refractivity contribution in [3.63, 3.8) is 0 Å². The van der Waals surface area contributed by atoms with Gasteiger partial charge < -0.3 is 16.0 Å². The fourth-order valence-electron chi connectivity index (χ4n) is 2.73. The van der Waals surface area contributed by atoms with E-state index in [1.54, 1.807) is 6.07 Å². The number of nitrogens with zero attached hydrogens (tertiary/aromatic N) is 1. The average molecular weight is 275 g/mol. The summed E-state index contributed by atoms with van der Waals surface area (Å²) in [5.74, 6) is -0.0287. The summed E-state index contributed by atoms with van der Waals surface area (Å²) in [6.45, 7) is 6.17. The summed E-state index contributed by atoms with van der Waals surface area (Å²) in [6, 6.07) is 5.47. The lowest BCUT2D eigenvalue weighted by Gasteiger charge is -2.26. The van der Waals surface area contributed by atoms with Gasteiger partial charge in [-0.2, -0.15) is 0 Å². The van der Waals surface area contributed by atoms with E-state index in [0.29, 0.717) is 11.3 Å². The summed E-state index contributed by atoms with van der Waals surface area (Å²) >= 11 is 0. The minimum Gasteiger partial charge on any atom is -0.399 e. The van der Waals surface area contributed by atoms with Crippen molar-refractivity contribution in [1.82, 2.24) is 10.2 Å². The second-order valence-corrected chi connectivity index (χ2v) is 5.64. The molecule has 4 heteroatoms. The molecule has 0 bridgehead atoms. The smallest absolute Gasteiger partial charge is 0.251 e. The van der Waals surface area contributed by atoms with E-state index in [0.717, 1.165) is 25.1 Å². The van der Waals surface area contributed by atoms with Crippen molar-refractivity contribution in [2.75, 3.05) is 31.9 Å². The predicted molar refractivity (Wildman–Crippen MR) is 82.8 cm³/mol. The van der Waals surface area contributed by atoms with Gasteiger partial charge in [0.15, 0.2) is 0 Å². The molecule has 0 atom stereocenters. The van der Waals surface area contributed by atoms with Gasteiger partial charge in [-0.3, -0.25) is 4.79 Å². The minimum atomic E-state index is -0.0287. The zero-order valence-corrected chi connectivity index (χ0v) is 12.3. The van der Waals surface area contributed by atoms with Crippen LogP contribution in [-0.2, 0) is 0 Å². The Morgan fingerprint density at radius 1 is 1.25 bits per heavy atom. The van der Waals surface area contributed by atoms with Crippen molar-refractivity contribution in [3.8, 4) is 0 Å². The van der Waals surface area contributed by atoms with Crippen LogP contribution >= 0.6 is 0 Å². The van der Waals surface area contributed by atoms with Gasteiger partial charge in [0.25, 0.3) is 5.91 Å². The largest absolute Gasteiger partial charge is 0.399 e. The van der Waals surface area contributed by atoms with Crippen molar-refractivity contribution < 1.29 is 4.79 Å². The van der Waals surface area contributed by atoms with E-state index in [-0.39, 0.29) is 5.91 Å². The van der Waals surface area contributed by atoms with Gasteiger partial charge in [-0.05, 0) is 69.6 Å². The number of hydrogen-bond donors (Lipinski definition) is 2. The van der Waals surface area contributed by atoms with Gasteiger partial charge in [0.1, 0.15) is 0 Å². The Hall–Kier alpha value is -1.55. The third kappa shape index (κ3) is 4.53. The van der Waals surface area contributed by atoms with Crippen molar-refractivity contribution in [2.45, 2.75) is 32.6 Å². The van der Waals surface area contributed by atoms with Crippen LogP contribution < -0.4 is 11.1 Å². The van der Waals surface area contributed by atoms with Crippen LogP contribution in [0.4, 0.5) is 5.69 Å². The zero-order valence-electron chi connectivity index (χ0n) is 12.3. The Balaban J connectivity index is 1.71. The van der Waals surface area contributed by atoms with Crippen LogP contribution in [0, 0.1) is 6.92 Å². The number of rotatable bonds is 5. The quantitative estimate of drug-likeness (QED) is 0.639. The normalized spacial score (nSPS) is 16.1. The van der Waals surface area contributed by atoms with E-state index in [9.17, 15) is 4.79 Å². The third-order valence-electron chi connectivity index (χ3n) is 3.75. The van der Waals surface area contributed by atoms with E-state index in [2.05, 4.69) is 10.2 Å². The van der Waals surface area contributed by atoms with E-state index in [1.807, 2.05) is 19.1 Å². The number of anilines is 1. The molecule has 0 unspecified atom stereocenters. The molecule has 1 amide bonds. The molecule has 20 heavy (non-hydrogen) atoms. The Morgan fingerprint density at radius 3 is 2.70 bits per heavy atom. The molecule has 4 nitrogen and oxygen atoms in total. The maximum Gasteiger partial charge on any atom is 0.251 e. The topological polar surface area (TPSA) is 58.4 Å². The van der Waals surface area contributed by atoms with Crippen LogP contribution in [0.1, 0.15) is 41.6 Å². The molecule has 1 fully saturated rings. The van der Waals surface area contributed by atoms with E-state index < -0.39 is 0 Å². The van der Waals surface area contributed by atoms with Crippen molar-refractivity contribution in [1.29, 1.82) is 0 Å². The van der Waals surface area contributed by atoms with Crippen molar-refractivity contribution in [2.24, 2.45) is 0 Å². The number of hydrogen-bond acceptors (Lipinski definition) is 3. The maximum absolute atomic E-state index is 12.0. The standard InChI is InChI=1S/C16H25N3O/c1-13-10-14(12-15(17)11-13)16(20)18-6-5-9-19-7-3-2-4-8-19/h10-12H,2-9,17H2,1H3,(H,18,20). The lowest BCUT2D eigenvalue weighted by molar-refractivity contribution is 0.0951. The summed E-state index contributed by atoms with van der Waals surface area (Å²) in [6.07, 6.45) is 5.00. The number of nitrogen functional groups attached to an aromatic ring is 1. The molecular weight excluding hydrogens is 250 g/mol. The first kappa shape index (κ1) is 14.9. The van der Waals surface area contributed by atoms with Gasteiger partial charge in [0.2, 0.25) is 0 Å². The molecule has 110 valence electrons. The number of amides is 1. The van der Waals surface area contributed by atoms with E-state index in [4.69, 9.17) is 5.73 Å². The van der Waals surface area contributed by atoms with Gasteiger partial charge in [0, 0.05) is 17.8 Å². The average Bonchev–Trinajstić information content (AvgIpc) is 2.43. The first-order valence-corrected chi connectivity index (χ1v) is 7.53. The Labute approximate surface area is 121 Å². The fraction of sp³-hybridized carbons (Fsp3) is 0.562. The summed E-state index contributed by atoms with van der Waals surface area (Å²) in [4.78, 5) is 14.5. The number of likely N-dealkylation sites (tertiary alicyclic amines) is 1. The number of aryl methyl sites for hydroxylation is 1. The Kier molecular flexibility index (Phi) is 5.41. The molecule has 1 aliphatic rings. The molecule has 1 aromatic carbocycles. The number of nitrogens with two attached hydrogens (primary N) is 1. The van der Waals surface area contributed by atoms with Crippen LogP contribution in [0.5, 0.6) is 0 Å². The Bertz CT molecular complexity index is 433. The molecule has 1 aromatic rings. The minimum absolute atomic E-state index is 0.0287. The van der Waals surface area contributed by atoms with Crippen LogP contribution in [0.25, 0.3) is 0 Å². The zero-order chi connectivity index (χ0) is 14.4. The molecule has 0 radical (unpaired) electrons. The molecule has 1 aliphatic heterocycles. The number of carbonyl (C=O) groups is 1. The summed E-state index contributed by atoms with van der Waals surface area (Å²) < 4.78 is 0. The highest BCUT2D eigenvalue weighted by Crippen LogP contribution is 2.11.